The summed E-state index contributed by atoms with van der Waals surface area (Å²) in [5, 5.41) is 7.96. The summed E-state index contributed by atoms with van der Waals surface area (Å²) in [7, 11) is 0. The highest BCUT2D eigenvalue weighted by molar-refractivity contribution is 6.32. The molecule has 3 heterocycles. The summed E-state index contributed by atoms with van der Waals surface area (Å²) in [5.74, 6) is 3.03. The van der Waals surface area contributed by atoms with Crippen LogP contribution < -0.4 is 10.1 Å². The molecule has 1 N–H and O–H groups in total. The van der Waals surface area contributed by atoms with Crippen molar-refractivity contribution >= 4 is 23.4 Å². The van der Waals surface area contributed by atoms with E-state index in [4.69, 9.17) is 16.3 Å². The third-order valence-electron chi connectivity index (χ3n) is 6.33. The minimum atomic E-state index is -0.0693. The lowest BCUT2D eigenvalue weighted by Gasteiger charge is -2.21. The molecule has 2 aromatic carbocycles. The van der Waals surface area contributed by atoms with E-state index in [0.717, 1.165) is 44.2 Å². The first kappa shape index (κ1) is 22.5. The van der Waals surface area contributed by atoms with Crippen LogP contribution in [0.2, 0.25) is 5.02 Å². The summed E-state index contributed by atoms with van der Waals surface area (Å²) in [5.41, 5.74) is 1.99. The fourth-order valence-corrected chi connectivity index (χ4v) is 5.03. The molecule has 0 saturated carbocycles. The smallest absolute Gasteiger partial charge is 0.344 e. The maximum Gasteiger partial charge on any atom is 0.344 e. The molecular formula is C26H28ClN5O2. The van der Waals surface area contributed by atoms with Crippen molar-refractivity contribution in [2.75, 3.05) is 31.5 Å². The van der Waals surface area contributed by atoms with Crippen LogP contribution in [0.1, 0.15) is 12.5 Å². The van der Waals surface area contributed by atoms with Crippen LogP contribution in [-0.2, 0) is 6.54 Å². The summed E-state index contributed by atoms with van der Waals surface area (Å²) in [4.78, 5) is 17.3. The molecule has 176 valence electrons. The first-order chi connectivity index (χ1) is 16.4. The number of hydrogen-bond acceptors (Lipinski definition) is 5. The predicted octanol–water partition coefficient (Wildman–Crippen LogP) is 5.31. The zero-order valence-electron chi connectivity index (χ0n) is 19.2. The number of nitrogens with zero attached hydrogens (tertiary/aromatic N) is 4. The first-order valence-electron chi connectivity index (χ1n) is 11.5. The van der Waals surface area contributed by atoms with E-state index in [1.807, 2.05) is 48.2 Å². The molecule has 1 amide bonds. The maximum atomic E-state index is 12.9. The Morgan fingerprint density at radius 3 is 2.62 bits per heavy atom. The molecule has 0 aliphatic carbocycles. The van der Waals surface area contributed by atoms with Gasteiger partial charge >= 0.3 is 6.03 Å². The van der Waals surface area contributed by atoms with E-state index in [-0.39, 0.29) is 6.03 Å². The molecule has 34 heavy (non-hydrogen) atoms. The highest BCUT2D eigenvalue weighted by atomic mass is 35.5. The molecule has 2 fully saturated rings. The third-order valence-corrected chi connectivity index (χ3v) is 6.64. The Morgan fingerprint density at radius 1 is 1.12 bits per heavy atom. The second kappa shape index (κ2) is 9.52. The lowest BCUT2D eigenvalue weighted by molar-refractivity contribution is 0.197. The van der Waals surface area contributed by atoms with Gasteiger partial charge in [0.05, 0.1) is 5.02 Å². The van der Waals surface area contributed by atoms with Crippen molar-refractivity contribution < 1.29 is 9.53 Å². The number of halogens is 1. The summed E-state index contributed by atoms with van der Waals surface area (Å²) in [6, 6.07) is 17.4. The average Bonchev–Trinajstić information content (AvgIpc) is 3.50. The van der Waals surface area contributed by atoms with Crippen molar-refractivity contribution in [3.63, 3.8) is 0 Å². The highest BCUT2D eigenvalue weighted by Crippen LogP contribution is 2.33. The molecule has 0 spiro atoms. The summed E-state index contributed by atoms with van der Waals surface area (Å²) >= 11 is 6.23. The van der Waals surface area contributed by atoms with Crippen molar-refractivity contribution in [2.24, 2.45) is 11.8 Å². The van der Waals surface area contributed by atoms with Gasteiger partial charge in [-0.1, -0.05) is 42.4 Å². The fraction of sp³-hybridized carbons (Fsp3) is 0.308. The summed E-state index contributed by atoms with van der Waals surface area (Å²) in [6.45, 7) is 10.0. The number of rotatable bonds is 6. The molecule has 2 aliphatic rings. The van der Waals surface area contributed by atoms with Crippen LogP contribution in [0.3, 0.4) is 0 Å². The second-order valence-electron chi connectivity index (χ2n) is 9.13. The molecule has 2 unspecified atom stereocenters. The molecule has 2 saturated heterocycles. The van der Waals surface area contributed by atoms with Gasteiger partial charge in [0.1, 0.15) is 11.5 Å². The Hall–Kier alpha value is -3.29. The molecule has 2 atom stereocenters. The average molecular weight is 478 g/mol. The lowest BCUT2D eigenvalue weighted by atomic mass is 10.0. The number of para-hydroxylation sites is 1. The Kier molecular flexibility index (Phi) is 6.30. The minimum Gasteiger partial charge on any atom is -0.456 e. The summed E-state index contributed by atoms with van der Waals surface area (Å²) in [6.07, 6.45) is 1.70. The van der Waals surface area contributed by atoms with Crippen molar-refractivity contribution in [3.05, 3.63) is 83.7 Å². The van der Waals surface area contributed by atoms with Crippen LogP contribution in [0.25, 0.3) is 0 Å². The van der Waals surface area contributed by atoms with E-state index in [2.05, 4.69) is 34.0 Å². The standard InChI is InChI=1S/C26H28ClN5O2/c1-18(2)28-25-10-11-32(29-25)26(33)31-16-20-14-30(15-21(20)17-31)13-19-6-5-7-22(12-19)34-24-9-4-3-8-23(24)27/h3-12,20-21H,1,13-17H2,2H3,(H,28,29). The lowest BCUT2D eigenvalue weighted by Crippen LogP contribution is -2.36. The predicted molar refractivity (Wildman–Crippen MR) is 133 cm³/mol. The molecule has 8 heteroatoms. The number of nitrogens with one attached hydrogen (secondary N) is 1. The van der Waals surface area contributed by atoms with E-state index in [1.54, 1.807) is 12.3 Å². The van der Waals surface area contributed by atoms with Crippen LogP contribution >= 0.6 is 11.6 Å². The van der Waals surface area contributed by atoms with Crippen molar-refractivity contribution in [1.82, 2.24) is 19.6 Å². The van der Waals surface area contributed by atoms with Gasteiger partial charge in [0.15, 0.2) is 5.82 Å². The molecule has 3 aromatic rings. The van der Waals surface area contributed by atoms with Gasteiger partial charge in [-0.15, -0.1) is 5.10 Å². The molecule has 2 aliphatic heterocycles. The Labute approximate surface area is 204 Å². The number of likely N-dealkylation sites (tertiary alicyclic amines) is 2. The maximum absolute atomic E-state index is 12.9. The number of aromatic nitrogens is 2. The highest BCUT2D eigenvalue weighted by Gasteiger charge is 2.41. The molecule has 0 bridgehead atoms. The minimum absolute atomic E-state index is 0.0693. The van der Waals surface area contributed by atoms with Crippen molar-refractivity contribution in [3.8, 4) is 11.5 Å². The summed E-state index contributed by atoms with van der Waals surface area (Å²) < 4.78 is 7.39. The molecule has 1 aromatic heterocycles. The van der Waals surface area contributed by atoms with Gasteiger partial charge in [-0.25, -0.2) is 4.79 Å². The SMILES string of the molecule is C=C(C)Nc1ccn(C(=O)N2CC3CN(Cc4cccc(Oc5ccccc5Cl)c4)CC3C2)n1. The number of fused-ring (bicyclic) bond motifs is 1. The van der Waals surface area contributed by atoms with Crippen molar-refractivity contribution in [1.29, 1.82) is 0 Å². The van der Waals surface area contributed by atoms with E-state index < -0.39 is 0 Å². The Balaban J connectivity index is 1.16. The zero-order chi connectivity index (χ0) is 23.7. The third kappa shape index (κ3) is 4.95. The van der Waals surface area contributed by atoms with Crippen LogP contribution in [0.4, 0.5) is 10.6 Å². The molecule has 0 radical (unpaired) electrons. The van der Waals surface area contributed by atoms with Crippen LogP contribution in [0.5, 0.6) is 11.5 Å². The second-order valence-corrected chi connectivity index (χ2v) is 9.54. The number of allylic oxidation sites excluding steroid dienone is 1. The van der Waals surface area contributed by atoms with Gasteiger partial charge in [-0.2, -0.15) is 4.68 Å². The van der Waals surface area contributed by atoms with Gasteiger partial charge in [0.25, 0.3) is 0 Å². The quantitative estimate of drug-likeness (QED) is 0.521. The Morgan fingerprint density at radius 2 is 1.88 bits per heavy atom. The normalized spacial score (nSPS) is 19.8. The van der Waals surface area contributed by atoms with Crippen LogP contribution in [-0.4, -0.2) is 51.8 Å². The number of carbonyl (C=O) groups excluding carboxylic acids is 1. The van der Waals surface area contributed by atoms with E-state index >= 15 is 0 Å². The van der Waals surface area contributed by atoms with Gasteiger partial charge < -0.3 is 15.0 Å². The number of carbonyl (C=O) groups is 1. The topological polar surface area (TPSA) is 62.6 Å². The number of hydrogen-bond donors (Lipinski definition) is 1. The van der Waals surface area contributed by atoms with Crippen molar-refractivity contribution in [2.45, 2.75) is 13.5 Å². The molecular weight excluding hydrogens is 450 g/mol. The van der Waals surface area contributed by atoms with Gasteiger partial charge in [0.2, 0.25) is 0 Å². The largest absolute Gasteiger partial charge is 0.456 e. The number of ether oxygens (including phenoxy) is 1. The fourth-order valence-electron chi connectivity index (χ4n) is 4.86. The van der Waals surface area contributed by atoms with E-state index in [0.29, 0.717) is 28.4 Å². The Bertz CT molecular complexity index is 1200. The monoisotopic (exact) mass is 477 g/mol. The van der Waals surface area contributed by atoms with Crippen LogP contribution in [0, 0.1) is 11.8 Å². The van der Waals surface area contributed by atoms with Crippen LogP contribution in [0.15, 0.2) is 73.1 Å². The van der Waals surface area contributed by atoms with Gasteiger partial charge in [-0.3, -0.25) is 4.90 Å². The molecule has 5 rings (SSSR count). The number of amides is 1. The van der Waals surface area contributed by atoms with E-state index in [1.165, 1.54) is 10.2 Å². The first-order valence-corrected chi connectivity index (χ1v) is 11.8. The zero-order valence-corrected chi connectivity index (χ0v) is 19.9. The van der Waals surface area contributed by atoms with E-state index in [9.17, 15) is 4.79 Å². The van der Waals surface area contributed by atoms with Gasteiger partial charge in [-0.05, 0) is 48.6 Å². The molecule has 7 nitrogen and oxygen atoms in total. The van der Waals surface area contributed by atoms with Gasteiger partial charge in [0, 0.05) is 50.7 Å². The number of anilines is 1. The number of benzene rings is 2.